The zero-order valence-electron chi connectivity index (χ0n) is 12.5. The SMILES string of the molecule is CC(C)(C)OC(=O)NCCC#Cc1coc2ccccc12. The summed E-state index contributed by atoms with van der Waals surface area (Å²) in [6, 6.07) is 7.76. The molecule has 2 aromatic rings. The van der Waals surface area contributed by atoms with Gasteiger partial charge in [0.05, 0.1) is 5.56 Å². The first-order valence-corrected chi connectivity index (χ1v) is 6.88. The molecule has 0 atom stereocenters. The Hall–Kier alpha value is -2.41. The van der Waals surface area contributed by atoms with Crippen LogP contribution in [-0.2, 0) is 4.74 Å². The van der Waals surface area contributed by atoms with E-state index >= 15 is 0 Å². The van der Waals surface area contributed by atoms with Crippen molar-refractivity contribution in [2.45, 2.75) is 32.8 Å². The first-order chi connectivity index (χ1) is 9.96. The average molecular weight is 285 g/mol. The third-order valence-electron chi connectivity index (χ3n) is 2.62. The number of furan rings is 1. The number of hydrogen-bond acceptors (Lipinski definition) is 3. The molecule has 0 fully saturated rings. The third kappa shape index (κ3) is 4.57. The third-order valence-corrected chi connectivity index (χ3v) is 2.62. The summed E-state index contributed by atoms with van der Waals surface area (Å²) in [4.78, 5) is 11.4. The Morgan fingerprint density at radius 3 is 2.86 bits per heavy atom. The summed E-state index contributed by atoms with van der Waals surface area (Å²) in [6.07, 6.45) is 1.79. The lowest BCUT2D eigenvalue weighted by atomic mass is 10.2. The zero-order chi connectivity index (χ0) is 15.3. The molecular formula is C17H19NO3. The van der Waals surface area contributed by atoms with Gasteiger partial charge in [-0.25, -0.2) is 4.79 Å². The van der Waals surface area contributed by atoms with E-state index in [1.54, 1.807) is 6.26 Å². The minimum atomic E-state index is -0.481. The number of benzene rings is 1. The van der Waals surface area contributed by atoms with Crippen LogP contribution in [0.4, 0.5) is 4.79 Å². The highest BCUT2D eigenvalue weighted by atomic mass is 16.6. The molecule has 1 aromatic carbocycles. The first kappa shape index (κ1) is 15.0. The molecule has 4 nitrogen and oxygen atoms in total. The van der Waals surface area contributed by atoms with Crippen molar-refractivity contribution in [3.8, 4) is 11.8 Å². The van der Waals surface area contributed by atoms with Gasteiger partial charge in [-0.3, -0.25) is 0 Å². The summed E-state index contributed by atoms with van der Waals surface area (Å²) in [6.45, 7) is 5.95. The van der Waals surface area contributed by atoms with Crippen LogP contribution in [0, 0.1) is 11.8 Å². The number of ether oxygens (including phenoxy) is 1. The fourth-order valence-electron chi connectivity index (χ4n) is 1.77. The Kier molecular flexibility index (Phi) is 4.54. The quantitative estimate of drug-likeness (QED) is 0.676. The van der Waals surface area contributed by atoms with Gasteiger partial charge in [-0.2, -0.15) is 0 Å². The van der Waals surface area contributed by atoms with E-state index in [0.717, 1.165) is 16.5 Å². The number of carbonyl (C=O) groups excluding carboxylic acids is 1. The van der Waals surface area contributed by atoms with E-state index in [2.05, 4.69) is 17.2 Å². The van der Waals surface area contributed by atoms with Crippen molar-refractivity contribution in [1.82, 2.24) is 5.32 Å². The molecule has 0 aliphatic rings. The fraction of sp³-hybridized carbons (Fsp3) is 0.353. The van der Waals surface area contributed by atoms with Crippen LogP contribution in [0.3, 0.4) is 0 Å². The Bertz CT molecular complexity index is 683. The molecule has 1 heterocycles. The van der Waals surface area contributed by atoms with Gasteiger partial charge in [0.2, 0.25) is 0 Å². The van der Waals surface area contributed by atoms with Gasteiger partial charge in [0, 0.05) is 18.4 Å². The van der Waals surface area contributed by atoms with Crippen LogP contribution in [0.5, 0.6) is 0 Å². The second-order valence-electron chi connectivity index (χ2n) is 5.63. The van der Waals surface area contributed by atoms with Crippen molar-refractivity contribution in [1.29, 1.82) is 0 Å². The second kappa shape index (κ2) is 6.36. The van der Waals surface area contributed by atoms with Crippen LogP contribution < -0.4 is 5.32 Å². The lowest BCUT2D eigenvalue weighted by Gasteiger charge is -2.19. The van der Waals surface area contributed by atoms with Gasteiger partial charge in [-0.05, 0) is 32.9 Å². The molecule has 0 unspecified atom stereocenters. The number of carbonyl (C=O) groups is 1. The van der Waals surface area contributed by atoms with E-state index in [4.69, 9.17) is 9.15 Å². The summed E-state index contributed by atoms with van der Waals surface area (Å²) in [7, 11) is 0. The van der Waals surface area contributed by atoms with Gasteiger partial charge in [0.15, 0.2) is 0 Å². The number of para-hydroxylation sites is 1. The van der Waals surface area contributed by atoms with Gasteiger partial charge in [0.1, 0.15) is 17.4 Å². The van der Waals surface area contributed by atoms with Crippen molar-refractivity contribution in [3.63, 3.8) is 0 Å². The molecular weight excluding hydrogens is 266 g/mol. The molecule has 0 aliphatic heterocycles. The highest BCUT2D eigenvalue weighted by Gasteiger charge is 2.15. The van der Waals surface area contributed by atoms with E-state index in [0.29, 0.717) is 13.0 Å². The summed E-state index contributed by atoms with van der Waals surface area (Å²) < 4.78 is 10.5. The predicted molar refractivity (Wildman–Crippen MR) is 81.9 cm³/mol. The van der Waals surface area contributed by atoms with Crippen LogP contribution in [0.1, 0.15) is 32.8 Å². The highest BCUT2D eigenvalue weighted by molar-refractivity contribution is 5.83. The normalized spacial score (nSPS) is 10.8. The van der Waals surface area contributed by atoms with E-state index in [-0.39, 0.29) is 0 Å². The average Bonchev–Trinajstić information content (AvgIpc) is 2.80. The molecule has 0 saturated heterocycles. The van der Waals surface area contributed by atoms with Gasteiger partial charge in [-0.1, -0.05) is 24.0 Å². The molecule has 0 spiro atoms. The van der Waals surface area contributed by atoms with E-state index in [1.165, 1.54) is 0 Å². The Morgan fingerprint density at radius 2 is 2.10 bits per heavy atom. The van der Waals surface area contributed by atoms with Gasteiger partial charge in [-0.15, -0.1) is 0 Å². The molecule has 1 amide bonds. The summed E-state index contributed by atoms with van der Waals surface area (Å²) in [5.74, 6) is 6.07. The summed E-state index contributed by atoms with van der Waals surface area (Å²) in [5.41, 5.74) is 1.21. The van der Waals surface area contributed by atoms with Crippen LogP contribution in [-0.4, -0.2) is 18.2 Å². The van der Waals surface area contributed by atoms with E-state index in [9.17, 15) is 4.79 Å². The maximum Gasteiger partial charge on any atom is 0.407 e. The zero-order valence-corrected chi connectivity index (χ0v) is 12.5. The Morgan fingerprint density at radius 1 is 1.33 bits per heavy atom. The molecule has 4 heteroatoms. The topological polar surface area (TPSA) is 51.5 Å². The van der Waals surface area contributed by atoms with Crippen molar-refractivity contribution < 1.29 is 13.9 Å². The fourth-order valence-corrected chi connectivity index (χ4v) is 1.77. The van der Waals surface area contributed by atoms with Crippen molar-refractivity contribution in [2.75, 3.05) is 6.54 Å². The summed E-state index contributed by atoms with van der Waals surface area (Å²) >= 11 is 0. The highest BCUT2D eigenvalue weighted by Crippen LogP contribution is 2.19. The van der Waals surface area contributed by atoms with Gasteiger partial charge < -0.3 is 14.5 Å². The lowest BCUT2D eigenvalue weighted by molar-refractivity contribution is 0.0529. The van der Waals surface area contributed by atoms with Crippen LogP contribution in [0.15, 0.2) is 34.9 Å². The molecule has 2 rings (SSSR count). The van der Waals surface area contributed by atoms with E-state index < -0.39 is 11.7 Å². The first-order valence-electron chi connectivity index (χ1n) is 6.88. The molecule has 21 heavy (non-hydrogen) atoms. The van der Waals surface area contributed by atoms with Gasteiger partial charge >= 0.3 is 6.09 Å². The maximum absolute atomic E-state index is 11.4. The monoisotopic (exact) mass is 285 g/mol. The van der Waals surface area contributed by atoms with Crippen LogP contribution in [0.2, 0.25) is 0 Å². The van der Waals surface area contributed by atoms with Crippen LogP contribution in [0.25, 0.3) is 11.0 Å². The predicted octanol–water partition coefficient (Wildman–Crippen LogP) is 3.70. The van der Waals surface area contributed by atoms with E-state index in [1.807, 2.05) is 45.0 Å². The number of rotatable bonds is 2. The minimum absolute atomic E-state index is 0.418. The van der Waals surface area contributed by atoms with Crippen LogP contribution >= 0.6 is 0 Å². The number of amides is 1. The smallest absolute Gasteiger partial charge is 0.407 e. The molecule has 110 valence electrons. The van der Waals surface area contributed by atoms with Crippen molar-refractivity contribution in [2.24, 2.45) is 0 Å². The minimum Gasteiger partial charge on any atom is -0.463 e. The second-order valence-corrected chi connectivity index (χ2v) is 5.63. The molecule has 0 bridgehead atoms. The molecule has 1 N–H and O–H groups in total. The molecule has 0 radical (unpaired) electrons. The largest absolute Gasteiger partial charge is 0.463 e. The number of alkyl carbamates (subject to hydrolysis) is 1. The van der Waals surface area contributed by atoms with Gasteiger partial charge in [0.25, 0.3) is 0 Å². The maximum atomic E-state index is 11.4. The lowest BCUT2D eigenvalue weighted by Crippen LogP contribution is -2.32. The number of hydrogen-bond donors (Lipinski definition) is 1. The Balaban J connectivity index is 1.83. The molecule has 0 aliphatic carbocycles. The number of nitrogens with one attached hydrogen (secondary N) is 1. The standard InChI is InChI=1S/C17H19NO3/c1-17(2,3)21-16(19)18-11-7-6-8-13-12-20-15-10-5-4-9-14(13)15/h4-5,9-10,12H,7,11H2,1-3H3,(H,18,19). The van der Waals surface area contributed by atoms with Crippen molar-refractivity contribution in [3.05, 3.63) is 36.1 Å². The molecule has 0 saturated carbocycles. The number of fused-ring (bicyclic) bond motifs is 1. The summed E-state index contributed by atoms with van der Waals surface area (Å²) in [5, 5.41) is 3.67. The molecule has 1 aromatic heterocycles. The van der Waals surface area contributed by atoms with Crippen molar-refractivity contribution >= 4 is 17.1 Å². The Labute approximate surface area is 124 Å².